The van der Waals surface area contributed by atoms with Gasteiger partial charge in [0.25, 0.3) is 0 Å². The second-order valence-electron chi connectivity index (χ2n) is 7.16. The Morgan fingerprint density at radius 2 is 2.00 bits per heavy atom. The first kappa shape index (κ1) is 16.1. The second kappa shape index (κ2) is 6.82. The molecule has 2 aliphatic rings. The molecule has 1 N–H and O–H groups in total. The van der Waals surface area contributed by atoms with Crippen molar-refractivity contribution >= 4 is 11.7 Å². The van der Waals surface area contributed by atoms with Gasteiger partial charge in [-0.05, 0) is 24.8 Å². The average Bonchev–Trinajstić information content (AvgIpc) is 3.10. The van der Waals surface area contributed by atoms with Crippen LogP contribution in [0.4, 0.5) is 5.82 Å². The average molecular weight is 340 g/mol. The van der Waals surface area contributed by atoms with Gasteiger partial charge in [-0.15, -0.1) is 0 Å². The monoisotopic (exact) mass is 340 g/mol. The van der Waals surface area contributed by atoms with Crippen LogP contribution in [0.3, 0.4) is 0 Å². The van der Waals surface area contributed by atoms with Crippen molar-refractivity contribution in [3.05, 3.63) is 30.9 Å². The number of nitrogens with zero attached hydrogens (tertiary/aromatic N) is 5. The summed E-state index contributed by atoms with van der Waals surface area (Å²) in [6.07, 6.45) is 9.97. The van der Waals surface area contributed by atoms with Crippen molar-refractivity contribution in [3.63, 3.8) is 0 Å². The van der Waals surface area contributed by atoms with Gasteiger partial charge in [0.1, 0.15) is 12.1 Å². The maximum Gasteiger partial charge on any atom is 0.226 e. The zero-order valence-electron chi connectivity index (χ0n) is 14.5. The van der Waals surface area contributed by atoms with Crippen molar-refractivity contribution < 1.29 is 4.79 Å². The molecule has 7 nitrogen and oxygen atoms in total. The fourth-order valence-electron chi connectivity index (χ4n) is 3.70. The molecule has 1 aliphatic heterocycles. The Hall–Kier alpha value is -2.44. The van der Waals surface area contributed by atoms with Crippen LogP contribution in [0.15, 0.2) is 30.9 Å². The third-order valence-electron chi connectivity index (χ3n) is 5.39. The minimum atomic E-state index is 0.0530. The first-order valence-corrected chi connectivity index (χ1v) is 9.08. The van der Waals surface area contributed by atoms with Crippen molar-refractivity contribution in [2.45, 2.75) is 38.6 Å². The first-order chi connectivity index (χ1) is 12.2. The smallest absolute Gasteiger partial charge is 0.226 e. The molecule has 0 bridgehead atoms. The van der Waals surface area contributed by atoms with Crippen LogP contribution in [0.1, 0.15) is 32.6 Å². The number of amides is 1. The van der Waals surface area contributed by atoms with E-state index in [2.05, 4.69) is 32.2 Å². The molecule has 0 radical (unpaired) electrons. The summed E-state index contributed by atoms with van der Waals surface area (Å²) in [5.41, 5.74) is 0. The fourth-order valence-corrected chi connectivity index (χ4v) is 3.70. The van der Waals surface area contributed by atoms with E-state index in [9.17, 15) is 4.79 Å². The molecular formula is C18H24N6O. The SMILES string of the molecule is C[C@H]1CCCC[C@H]1NC(=O)C1CN(c2cc(-n3cccn3)ncn2)C1. The lowest BCUT2D eigenvalue weighted by Crippen LogP contribution is -2.56. The lowest BCUT2D eigenvalue weighted by Gasteiger charge is -2.40. The van der Waals surface area contributed by atoms with Crippen LogP contribution in [-0.4, -0.2) is 44.8 Å². The fraction of sp³-hybridized carbons (Fsp3) is 0.556. The molecule has 0 aromatic carbocycles. The molecule has 0 spiro atoms. The summed E-state index contributed by atoms with van der Waals surface area (Å²) >= 11 is 0. The van der Waals surface area contributed by atoms with Gasteiger partial charge in [0, 0.05) is 37.6 Å². The number of hydrogen-bond donors (Lipinski definition) is 1. The molecule has 1 aliphatic carbocycles. The summed E-state index contributed by atoms with van der Waals surface area (Å²) in [6, 6.07) is 4.11. The molecule has 2 aromatic rings. The molecule has 2 fully saturated rings. The van der Waals surface area contributed by atoms with Gasteiger partial charge in [-0.25, -0.2) is 14.6 Å². The highest BCUT2D eigenvalue weighted by molar-refractivity contribution is 5.82. The van der Waals surface area contributed by atoms with E-state index in [0.29, 0.717) is 25.0 Å². The van der Waals surface area contributed by atoms with Crippen molar-refractivity contribution in [3.8, 4) is 5.82 Å². The number of aromatic nitrogens is 4. The Bertz CT molecular complexity index is 725. The number of nitrogens with one attached hydrogen (secondary N) is 1. The number of hydrogen-bond acceptors (Lipinski definition) is 5. The van der Waals surface area contributed by atoms with Crippen LogP contribution in [0.25, 0.3) is 5.82 Å². The normalized spacial score (nSPS) is 24.0. The van der Waals surface area contributed by atoms with Crippen molar-refractivity contribution in [2.24, 2.45) is 11.8 Å². The Kier molecular flexibility index (Phi) is 4.38. The molecular weight excluding hydrogens is 316 g/mol. The lowest BCUT2D eigenvalue weighted by atomic mass is 9.85. The Morgan fingerprint density at radius 1 is 1.20 bits per heavy atom. The molecule has 3 heterocycles. The molecule has 1 saturated heterocycles. The van der Waals surface area contributed by atoms with E-state index in [-0.39, 0.29) is 11.8 Å². The summed E-state index contributed by atoms with van der Waals surface area (Å²) < 4.78 is 1.71. The van der Waals surface area contributed by atoms with E-state index >= 15 is 0 Å². The molecule has 25 heavy (non-hydrogen) atoms. The van der Waals surface area contributed by atoms with Gasteiger partial charge in [-0.2, -0.15) is 5.10 Å². The Labute approximate surface area is 147 Å². The van der Waals surface area contributed by atoms with E-state index < -0.39 is 0 Å². The minimum absolute atomic E-state index is 0.0530. The number of rotatable bonds is 4. The van der Waals surface area contributed by atoms with E-state index in [0.717, 1.165) is 18.1 Å². The highest BCUT2D eigenvalue weighted by Crippen LogP contribution is 2.26. The summed E-state index contributed by atoms with van der Waals surface area (Å²) in [5, 5.41) is 7.45. The maximum absolute atomic E-state index is 12.5. The molecule has 7 heteroatoms. The largest absolute Gasteiger partial charge is 0.355 e. The summed E-state index contributed by atoms with van der Waals surface area (Å²) in [7, 11) is 0. The zero-order chi connectivity index (χ0) is 17.2. The standard InChI is InChI=1S/C18H24N6O/c1-13-5-2-3-6-15(13)22-18(25)14-10-23(11-14)16-9-17(20-12-19-16)24-8-4-7-21-24/h4,7-9,12-15H,2-3,5-6,10-11H2,1H3,(H,22,25)/t13-,15+/m0/s1. The predicted molar refractivity (Wildman–Crippen MR) is 94.4 cm³/mol. The van der Waals surface area contributed by atoms with Crippen LogP contribution >= 0.6 is 0 Å². The number of carbonyl (C=O) groups excluding carboxylic acids is 1. The second-order valence-corrected chi connectivity index (χ2v) is 7.16. The molecule has 132 valence electrons. The molecule has 1 amide bonds. The van der Waals surface area contributed by atoms with Crippen molar-refractivity contribution in [2.75, 3.05) is 18.0 Å². The summed E-state index contributed by atoms with van der Waals surface area (Å²) in [6.45, 7) is 3.67. The number of carbonyl (C=O) groups is 1. The lowest BCUT2D eigenvalue weighted by molar-refractivity contribution is -0.127. The van der Waals surface area contributed by atoms with Gasteiger partial charge in [-0.3, -0.25) is 4.79 Å². The maximum atomic E-state index is 12.5. The zero-order valence-corrected chi connectivity index (χ0v) is 14.5. The van der Waals surface area contributed by atoms with Gasteiger partial charge in [-0.1, -0.05) is 19.8 Å². The van der Waals surface area contributed by atoms with E-state index in [1.807, 2.05) is 18.3 Å². The quantitative estimate of drug-likeness (QED) is 0.918. The van der Waals surface area contributed by atoms with Crippen LogP contribution < -0.4 is 10.2 Å². The van der Waals surface area contributed by atoms with Crippen molar-refractivity contribution in [1.29, 1.82) is 0 Å². The van der Waals surface area contributed by atoms with Gasteiger partial charge in [0.2, 0.25) is 5.91 Å². The van der Waals surface area contributed by atoms with E-state index in [1.54, 1.807) is 17.2 Å². The molecule has 2 atom stereocenters. The van der Waals surface area contributed by atoms with Crippen LogP contribution in [0, 0.1) is 11.8 Å². The molecule has 0 unspecified atom stereocenters. The Morgan fingerprint density at radius 3 is 2.76 bits per heavy atom. The third kappa shape index (κ3) is 3.36. The highest BCUT2D eigenvalue weighted by atomic mass is 16.2. The highest BCUT2D eigenvalue weighted by Gasteiger charge is 2.35. The summed E-state index contributed by atoms with van der Waals surface area (Å²) in [5.74, 6) is 2.41. The minimum Gasteiger partial charge on any atom is -0.355 e. The number of anilines is 1. The van der Waals surface area contributed by atoms with Crippen molar-refractivity contribution in [1.82, 2.24) is 25.1 Å². The van der Waals surface area contributed by atoms with Gasteiger partial charge in [0.05, 0.1) is 5.92 Å². The Balaban J connectivity index is 1.34. The molecule has 4 rings (SSSR count). The first-order valence-electron chi connectivity index (χ1n) is 9.08. The molecule has 2 aromatic heterocycles. The molecule has 1 saturated carbocycles. The third-order valence-corrected chi connectivity index (χ3v) is 5.39. The van der Waals surface area contributed by atoms with E-state index in [1.165, 1.54) is 19.3 Å². The van der Waals surface area contributed by atoms with Crippen LogP contribution in [-0.2, 0) is 4.79 Å². The topological polar surface area (TPSA) is 75.9 Å². The predicted octanol–water partition coefficient (Wildman–Crippen LogP) is 1.79. The summed E-state index contributed by atoms with van der Waals surface area (Å²) in [4.78, 5) is 23.2. The van der Waals surface area contributed by atoms with Gasteiger partial charge < -0.3 is 10.2 Å². The van der Waals surface area contributed by atoms with E-state index in [4.69, 9.17) is 0 Å². The van der Waals surface area contributed by atoms with Gasteiger partial charge >= 0.3 is 0 Å². The van der Waals surface area contributed by atoms with Gasteiger partial charge in [0.15, 0.2) is 5.82 Å². The van der Waals surface area contributed by atoms with Crippen LogP contribution in [0.2, 0.25) is 0 Å². The van der Waals surface area contributed by atoms with Crippen LogP contribution in [0.5, 0.6) is 0 Å².